The van der Waals surface area contributed by atoms with Gasteiger partial charge in [0.25, 0.3) is 0 Å². The second kappa shape index (κ2) is 5.56. The lowest BCUT2D eigenvalue weighted by molar-refractivity contribution is 0.0871. The van der Waals surface area contributed by atoms with Crippen LogP contribution in [0.2, 0.25) is 0 Å². The lowest BCUT2D eigenvalue weighted by Crippen LogP contribution is -2.41. The summed E-state index contributed by atoms with van der Waals surface area (Å²) in [7, 11) is 0. The molecule has 0 N–H and O–H groups in total. The fourth-order valence-corrected chi connectivity index (χ4v) is 2.45. The highest BCUT2D eigenvalue weighted by molar-refractivity contribution is 7.80. The van der Waals surface area contributed by atoms with Crippen molar-refractivity contribution in [3.8, 4) is 0 Å². The number of ether oxygens (including phenoxy) is 1. The summed E-state index contributed by atoms with van der Waals surface area (Å²) in [4.78, 5) is 2.93. The van der Waals surface area contributed by atoms with E-state index in [0.717, 1.165) is 36.7 Å². The molecule has 1 aliphatic rings. The second-order valence-corrected chi connectivity index (χ2v) is 4.80. The molecule has 1 aromatic rings. The number of hydrogen-bond donors (Lipinski definition) is 0. The van der Waals surface area contributed by atoms with Gasteiger partial charge in [-0.05, 0) is 44.0 Å². The van der Waals surface area contributed by atoms with Gasteiger partial charge in [-0.2, -0.15) is 0 Å². The number of benzene rings is 1. The van der Waals surface area contributed by atoms with E-state index in [0.29, 0.717) is 6.04 Å². The zero-order valence-electron chi connectivity index (χ0n) is 9.86. The molecule has 0 spiro atoms. The van der Waals surface area contributed by atoms with Gasteiger partial charge >= 0.3 is 0 Å². The summed E-state index contributed by atoms with van der Waals surface area (Å²) in [5.74, 6) is -0.220. The lowest BCUT2D eigenvalue weighted by atomic mass is 10.1. The van der Waals surface area contributed by atoms with E-state index in [1.54, 1.807) is 12.1 Å². The normalized spacial score (nSPS) is 16.8. The quantitative estimate of drug-likeness (QED) is 0.751. The molecule has 2 rings (SSSR count). The van der Waals surface area contributed by atoms with Crippen LogP contribution in [0.1, 0.15) is 19.8 Å². The number of nitrogens with zero attached hydrogens (tertiary/aromatic N) is 1. The van der Waals surface area contributed by atoms with Gasteiger partial charge in [0.15, 0.2) is 0 Å². The Morgan fingerprint density at radius 1 is 1.29 bits per heavy atom. The van der Waals surface area contributed by atoms with Gasteiger partial charge in [-0.3, -0.25) is 0 Å². The molecule has 0 bridgehead atoms. The third-order valence-electron chi connectivity index (χ3n) is 3.00. The smallest absolute Gasteiger partial charge is 0.123 e. The Morgan fingerprint density at radius 3 is 2.41 bits per heavy atom. The van der Waals surface area contributed by atoms with E-state index in [9.17, 15) is 4.39 Å². The Labute approximate surface area is 106 Å². The largest absolute Gasteiger partial charge is 0.381 e. The van der Waals surface area contributed by atoms with Crippen LogP contribution in [-0.4, -0.2) is 24.2 Å². The maximum Gasteiger partial charge on any atom is 0.123 e. The third kappa shape index (κ3) is 3.01. The third-order valence-corrected chi connectivity index (χ3v) is 3.20. The minimum Gasteiger partial charge on any atom is -0.381 e. The van der Waals surface area contributed by atoms with Crippen LogP contribution in [0.5, 0.6) is 0 Å². The van der Waals surface area contributed by atoms with Crippen LogP contribution in [0.4, 0.5) is 10.1 Å². The first-order chi connectivity index (χ1) is 8.18. The van der Waals surface area contributed by atoms with E-state index in [-0.39, 0.29) is 5.82 Å². The zero-order chi connectivity index (χ0) is 12.3. The topological polar surface area (TPSA) is 12.5 Å². The molecule has 17 heavy (non-hydrogen) atoms. The van der Waals surface area contributed by atoms with Crippen molar-refractivity contribution < 1.29 is 9.13 Å². The molecule has 4 heteroatoms. The van der Waals surface area contributed by atoms with Crippen molar-refractivity contribution in [2.45, 2.75) is 25.8 Å². The maximum absolute atomic E-state index is 12.9. The summed E-state index contributed by atoms with van der Waals surface area (Å²) in [5, 5.41) is 0. The van der Waals surface area contributed by atoms with Crippen molar-refractivity contribution >= 4 is 22.9 Å². The van der Waals surface area contributed by atoms with Gasteiger partial charge in [0, 0.05) is 24.9 Å². The average molecular weight is 253 g/mol. The molecule has 2 nitrogen and oxygen atoms in total. The Kier molecular flexibility index (Phi) is 4.07. The molecule has 0 atom stereocenters. The predicted octanol–water partition coefficient (Wildman–Crippen LogP) is 3.16. The fourth-order valence-electron chi connectivity index (χ4n) is 2.19. The minimum atomic E-state index is -0.220. The van der Waals surface area contributed by atoms with Crippen molar-refractivity contribution in [3.63, 3.8) is 0 Å². The molecule has 1 aliphatic heterocycles. The standard InChI is InChI=1S/C13H16FNOS/c1-10(17)15(13-6-8-16-9-7-13)12-4-2-11(14)3-5-12/h2-5,13H,6-9H2,1H3. The molecular formula is C13H16FNOS. The fraction of sp³-hybridized carbons (Fsp3) is 0.462. The van der Waals surface area contributed by atoms with Crippen LogP contribution in [-0.2, 0) is 4.74 Å². The summed E-state index contributed by atoms with van der Waals surface area (Å²) < 4.78 is 18.3. The zero-order valence-corrected chi connectivity index (χ0v) is 10.7. The van der Waals surface area contributed by atoms with E-state index in [4.69, 9.17) is 17.0 Å². The van der Waals surface area contributed by atoms with E-state index in [1.165, 1.54) is 12.1 Å². The summed E-state index contributed by atoms with van der Waals surface area (Å²) in [6, 6.07) is 6.87. The number of hydrogen-bond acceptors (Lipinski definition) is 2. The van der Waals surface area contributed by atoms with Gasteiger partial charge in [0.1, 0.15) is 5.82 Å². The van der Waals surface area contributed by atoms with Gasteiger partial charge in [0.2, 0.25) is 0 Å². The SMILES string of the molecule is CC(=S)N(c1ccc(F)cc1)C1CCOCC1. The lowest BCUT2D eigenvalue weighted by Gasteiger charge is -2.35. The number of halogens is 1. The minimum absolute atomic E-state index is 0.220. The van der Waals surface area contributed by atoms with Crippen LogP contribution in [0.3, 0.4) is 0 Å². The van der Waals surface area contributed by atoms with Crippen LogP contribution >= 0.6 is 12.2 Å². The van der Waals surface area contributed by atoms with Crippen molar-refractivity contribution in [3.05, 3.63) is 30.1 Å². The molecule has 1 saturated heterocycles. The van der Waals surface area contributed by atoms with Crippen LogP contribution in [0.25, 0.3) is 0 Å². The van der Waals surface area contributed by atoms with Gasteiger partial charge in [-0.1, -0.05) is 12.2 Å². The highest BCUT2D eigenvalue weighted by Gasteiger charge is 2.23. The number of anilines is 1. The molecule has 0 aromatic heterocycles. The molecule has 1 heterocycles. The molecule has 0 saturated carbocycles. The van der Waals surface area contributed by atoms with E-state index in [2.05, 4.69) is 4.90 Å². The monoisotopic (exact) mass is 253 g/mol. The Hall–Kier alpha value is -1.00. The highest BCUT2D eigenvalue weighted by atomic mass is 32.1. The van der Waals surface area contributed by atoms with Gasteiger partial charge in [-0.25, -0.2) is 4.39 Å². The summed E-state index contributed by atoms with van der Waals surface area (Å²) >= 11 is 5.30. The first kappa shape index (κ1) is 12.5. The maximum atomic E-state index is 12.9. The number of rotatable bonds is 2. The van der Waals surface area contributed by atoms with E-state index < -0.39 is 0 Å². The molecule has 0 aliphatic carbocycles. The van der Waals surface area contributed by atoms with E-state index in [1.807, 2.05) is 6.92 Å². The summed E-state index contributed by atoms with van der Waals surface area (Å²) in [6.07, 6.45) is 1.93. The van der Waals surface area contributed by atoms with E-state index >= 15 is 0 Å². The van der Waals surface area contributed by atoms with Crippen molar-refractivity contribution in [2.75, 3.05) is 18.1 Å². The van der Waals surface area contributed by atoms with Gasteiger partial charge in [0.05, 0.1) is 4.99 Å². The highest BCUT2D eigenvalue weighted by Crippen LogP contribution is 2.23. The van der Waals surface area contributed by atoms with Gasteiger partial charge < -0.3 is 9.64 Å². The molecule has 0 radical (unpaired) electrons. The Balaban J connectivity index is 2.21. The van der Waals surface area contributed by atoms with Crippen LogP contribution in [0, 0.1) is 5.82 Å². The van der Waals surface area contributed by atoms with Crippen molar-refractivity contribution in [1.29, 1.82) is 0 Å². The summed E-state index contributed by atoms with van der Waals surface area (Å²) in [5.41, 5.74) is 0.964. The molecule has 0 amide bonds. The molecule has 0 unspecified atom stereocenters. The van der Waals surface area contributed by atoms with Crippen LogP contribution in [0.15, 0.2) is 24.3 Å². The predicted molar refractivity (Wildman–Crippen MR) is 71.0 cm³/mol. The molecule has 1 aromatic carbocycles. The number of thiocarbonyl (C=S) groups is 1. The van der Waals surface area contributed by atoms with Crippen molar-refractivity contribution in [1.82, 2.24) is 0 Å². The average Bonchev–Trinajstić information content (AvgIpc) is 2.33. The first-order valence-corrected chi connectivity index (χ1v) is 6.22. The molecular weight excluding hydrogens is 237 g/mol. The molecule has 1 fully saturated rings. The Morgan fingerprint density at radius 2 is 1.88 bits per heavy atom. The van der Waals surface area contributed by atoms with Crippen LogP contribution < -0.4 is 4.90 Å². The van der Waals surface area contributed by atoms with Crippen molar-refractivity contribution in [2.24, 2.45) is 0 Å². The molecule has 92 valence electrons. The van der Waals surface area contributed by atoms with Gasteiger partial charge in [-0.15, -0.1) is 0 Å². The summed E-state index contributed by atoms with van der Waals surface area (Å²) in [6.45, 7) is 3.45. The Bertz CT molecular complexity index is 387. The first-order valence-electron chi connectivity index (χ1n) is 5.81. The second-order valence-electron chi connectivity index (χ2n) is 4.21.